The third kappa shape index (κ3) is 3.98. The summed E-state index contributed by atoms with van der Waals surface area (Å²) >= 11 is 0. The van der Waals surface area contributed by atoms with Gasteiger partial charge in [0.2, 0.25) is 5.91 Å². The Morgan fingerprint density at radius 2 is 1.65 bits per heavy atom. The van der Waals surface area contributed by atoms with Crippen LogP contribution in [0, 0.1) is 11.8 Å². The van der Waals surface area contributed by atoms with Gasteiger partial charge in [0.15, 0.2) is 0 Å². The Balaban J connectivity index is 1.66. The summed E-state index contributed by atoms with van der Waals surface area (Å²) in [6, 6.07) is 0.387. The van der Waals surface area contributed by atoms with Crippen molar-refractivity contribution in [2.75, 3.05) is 6.54 Å². The molecule has 0 bridgehead atoms. The number of hydrogen-bond donors (Lipinski definition) is 2. The van der Waals surface area contributed by atoms with Gasteiger partial charge in [-0.2, -0.15) is 0 Å². The summed E-state index contributed by atoms with van der Waals surface area (Å²) < 4.78 is 0. The summed E-state index contributed by atoms with van der Waals surface area (Å²) in [6.45, 7) is 0.850. The molecule has 0 aromatic rings. The highest BCUT2D eigenvalue weighted by Crippen LogP contribution is 2.25. The fourth-order valence-corrected chi connectivity index (χ4v) is 3.06. The van der Waals surface area contributed by atoms with Crippen molar-refractivity contribution in [1.29, 1.82) is 0 Å². The van der Waals surface area contributed by atoms with Crippen LogP contribution >= 0.6 is 0 Å². The first-order chi connectivity index (χ1) is 8.25. The maximum Gasteiger partial charge on any atom is 0.223 e. The molecule has 3 N–H and O–H groups in total. The van der Waals surface area contributed by atoms with Crippen LogP contribution in [0.4, 0.5) is 0 Å². The predicted octanol–water partition coefficient (Wildman–Crippen LogP) is 2.20. The van der Waals surface area contributed by atoms with Crippen molar-refractivity contribution in [1.82, 2.24) is 5.32 Å². The van der Waals surface area contributed by atoms with Crippen LogP contribution in [0.1, 0.15) is 57.8 Å². The molecule has 0 aromatic heterocycles. The van der Waals surface area contributed by atoms with E-state index in [1.165, 1.54) is 32.1 Å². The summed E-state index contributed by atoms with van der Waals surface area (Å²) in [7, 11) is 0. The predicted molar refractivity (Wildman–Crippen MR) is 69.5 cm³/mol. The van der Waals surface area contributed by atoms with Crippen LogP contribution in [0.2, 0.25) is 0 Å². The van der Waals surface area contributed by atoms with E-state index in [1.54, 1.807) is 0 Å². The van der Waals surface area contributed by atoms with Crippen molar-refractivity contribution in [3.63, 3.8) is 0 Å². The van der Waals surface area contributed by atoms with E-state index in [4.69, 9.17) is 5.73 Å². The average Bonchev–Trinajstić information content (AvgIpc) is 2.22. The second-order valence-electron chi connectivity index (χ2n) is 5.88. The summed E-state index contributed by atoms with van der Waals surface area (Å²) in [5, 5.41) is 3.13. The molecule has 1 amide bonds. The van der Waals surface area contributed by atoms with Gasteiger partial charge in [0.25, 0.3) is 0 Å². The first-order valence-electron chi connectivity index (χ1n) is 7.29. The molecule has 3 nitrogen and oxygen atoms in total. The minimum absolute atomic E-state index is 0.282. The molecule has 3 heteroatoms. The SMILES string of the molecule is NC1CC(CNC(=O)C2CCCCCCC2)C1. The van der Waals surface area contributed by atoms with Crippen LogP contribution in [0.5, 0.6) is 0 Å². The molecular weight excluding hydrogens is 212 g/mol. The molecule has 17 heavy (non-hydrogen) atoms. The summed E-state index contributed by atoms with van der Waals surface area (Å²) in [5.74, 6) is 1.22. The van der Waals surface area contributed by atoms with Crippen LogP contribution in [0.25, 0.3) is 0 Å². The number of hydrogen-bond acceptors (Lipinski definition) is 2. The molecule has 0 heterocycles. The van der Waals surface area contributed by atoms with Gasteiger partial charge in [-0.1, -0.05) is 32.1 Å². The van der Waals surface area contributed by atoms with Crippen molar-refractivity contribution < 1.29 is 4.79 Å². The number of carbonyl (C=O) groups excluding carboxylic acids is 1. The molecule has 0 aromatic carbocycles. The maximum absolute atomic E-state index is 12.0. The highest BCUT2D eigenvalue weighted by atomic mass is 16.1. The molecule has 0 saturated heterocycles. The Labute approximate surface area is 105 Å². The molecule has 2 aliphatic carbocycles. The van der Waals surface area contributed by atoms with E-state index in [-0.39, 0.29) is 5.92 Å². The zero-order valence-electron chi connectivity index (χ0n) is 10.8. The van der Waals surface area contributed by atoms with Crippen molar-refractivity contribution in [2.45, 2.75) is 63.8 Å². The molecule has 0 unspecified atom stereocenters. The second-order valence-corrected chi connectivity index (χ2v) is 5.88. The van der Waals surface area contributed by atoms with Crippen molar-refractivity contribution in [3.05, 3.63) is 0 Å². The fraction of sp³-hybridized carbons (Fsp3) is 0.929. The van der Waals surface area contributed by atoms with E-state index in [0.29, 0.717) is 17.9 Å². The maximum atomic E-state index is 12.0. The van der Waals surface area contributed by atoms with E-state index in [0.717, 1.165) is 32.2 Å². The highest BCUT2D eigenvalue weighted by molar-refractivity contribution is 5.78. The molecule has 0 aliphatic heterocycles. The minimum atomic E-state index is 0.282. The lowest BCUT2D eigenvalue weighted by Gasteiger charge is -2.33. The third-order valence-electron chi connectivity index (χ3n) is 4.31. The smallest absolute Gasteiger partial charge is 0.223 e. The molecule has 2 rings (SSSR count). The lowest BCUT2D eigenvalue weighted by Crippen LogP contribution is -2.43. The Hall–Kier alpha value is -0.570. The normalized spacial score (nSPS) is 31.1. The van der Waals surface area contributed by atoms with E-state index >= 15 is 0 Å². The van der Waals surface area contributed by atoms with Crippen LogP contribution in [-0.2, 0) is 4.79 Å². The molecule has 0 spiro atoms. The molecule has 98 valence electrons. The standard InChI is InChI=1S/C14H26N2O/c15-13-8-11(9-13)10-16-14(17)12-6-4-2-1-3-5-7-12/h11-13H,1-10,15H2,(H,16,17). The van der Waals surface area contributed by atoms with Crippen molar-refractivity contribution in [2.24, 2.45) is 17.6 Å². The van der Waals surface area contributed by atoms with E-state index in [2.05, 4.69) is 5.32 Å². The van der Waals surface area contributed by atoms with Gasteiger partial charge in [-0.3, -0.25) is 4.79 Å². The molecule has 2 aliphatic rings. The number of carbonyl (C=O) groups is 1. The zero-order valence-corrected chi connectivity index (χ0v) is 10.8. The van der Waals surface area contributed by atoms with Gasteiger partial charge < -0.3 is 11.1 Å². The molecule has 2 saturated carbocycles. The first-order valence-corrected chi connectivity index (χ1v) is 7.29. The molecule has 0 atom stereocenters. The lowest BCUT2D eigenvalue weighted by atomic mass is 9.81. The van der Waals surface area contributed by atoms with Gasteiger partial charge in [0, 0.05) is 18.5 Å². The van der Waals surface area contributed by atoms with Crippen molar-refractivity contribution in [3.8, 4) is 0 Å². The van der Waals surface area contributed by atoms with Crippen LogP contribution in [-0.4, -0.2) is 18.5 Å². The molecular formula is C14H26N2O. The highest BCUT2D eigenvalue weighted by Gasteiger charge is 2.27. The fourth-order valence-electron chi connectivity index (χ4n) is 3.06. The van der Waals surface area contributed by atoms with Gasteiger partial charge in [-0.25, -0.2) is 0 Å². The van der Waals surface area contributed by atoms with Gasteiger partial charge in [0.05, 0.1) is 0 Å². The Morgan fingerprint density at radius 3 is 2.24 bits per heavy atom. The van der Waals surface area contributed by atoms with E-state index in [1.807, 2.05) is 0 Å². The number of amides is 1. The zero-order chi connectivity index (χ0) is 12.1. The topological polar surface area (TPSA) is 55.1 Å². The minimum Gasteiger partial charge on any atom is -0.356 e. The van der Waals surface area contributed by atoms with Crippen LogP contribution < -0.4 is 11.1 Å². The summed E-state index contributed by atoms with van der Waals surface area (Å²) in [5.41, 5.74) is 5.74. The van der Waals surface area contributed by atoms with Gasteiger partial charge in [0.1, 0.15) is 0 Å². The first kappa shape index (κ1) is 12.9. The monoisotopic (exact) mass is 238 g/mol. The quantitative estimate of drug-likeness (QED) is 0.792. The summed E-state index contributed by atoms with van der Waals surface area (Å²) in [6.07, 6.45) is 10.8. The van der Waals surface area contributed by atoms with Crippen molar-refractivity contribution >= 4 is 5.91 Å². The second kappa shape index (κ2) is 6.39. The average molecular weight is 238 g/mol. The number of nitrogens with two attached hydrogens (primary N) is 1. The summed E-state index contributed by atoms with van der Waals surface area (Å²) in [4.78, 5) is 12.0. The lowest BCUT2D eigenvalue weighted by molar-refractivity contribution is -0.126. The Bertz CT molecular complexity index is 241. The number of rotatable bonds is 3. The molecule has 2 fully saturated rings. The third-order valence-corrected chi connectivity index (χ3v) is 4.31. The van der Waals surface area contributed by atoms with Crippen LogP contribution in [0.15, 0.2) is 0 Å². The van der Waals surface area contributed by atoms with Gasteiger partial charge in [-0.05, 0) is 31.6 Å². The largest absolute Gasteiger partial charge is 0.356 e. The van der Waals surface area contributed by atoms with E-state index < -0.39 is 0 Å². The Kier molecular flexibility index (Phi) is 4.84. The van der Waals surface area contributed by atoms with Gasteiger partial charge in [-0.15, -0.1) is 0 Å². The Morgan fingerprint density at radius 1 is 1.06 bits per heavy atom. The van der Waals surface area contributed by atoms with E-state index in [9.17, 15) is 4.79 Å². The number of nitrogens with one attached hydrogen (secondary N) is 1. The van der Waals surface area contributed by atoms with Gasteiger partial charge >= 0.3 is 0 Å². The van der Waals surface area contributed by atoms with Crippen LogP contribution in [0.3, 0.4) is 0 Å². The molecule has 0 radical (unpaired) electrons.